The van der Waals surface area contributed by atoms with E-state index in [9.17, 15) is 26.7 Å². The molecule has 0 unspecified atom stereocenters. The molecule has 1 saturated carbocycles. The number of rotatable bonds is 3. The van der Waals surface area contributed by atoms with Crippen molar-refractivity contribution in [2.75, 3.05) is 20.6 Å². The van der Waals surface area contributed by atoms with E-state index >= 15 is 0 Å². The van der Waals surface area contributed by atoms with Gasteiger partial charge in [-0.2, -0.15) is 0 Å². The summed E-state index contributed by atoms with van der Waals surface area (Å²) in [7, 11) is 4.00. The van der Waals surface area contributed by atoms with Crippen molar-refractivity contribution < 1.29 is 26.7 Å². The fraction of sp³-hybridized carbons (Fsp3) is 0.323. The van der Waals surface area contributed by atoms with Crippen molar-refractivity contribution in [2.24, 2.45) is 0 Å². The van der Waals surface area contributed by atoms with Crippen LogP contribution in [0, 0.1) is 29.1 Å². The number of carbonyl (C=O) groups excluding carboxylic acids is 1. The van der Waals surface area contributed by atoms with Crippen LogP contribution in [0.2, 0.25) is 0 Å². The molecule has 208 valence electrons. The number of nitrogens with zero attached hydrogens (tertiary/aromatic N) is 2. The molecule has 1 amide bonds. The Hall–Kier alpha value is -3.72. The van der Waals surface area contributed by atoms with Crippen molar-refractivity contribution in [3.05, 3.63) is 106 Å². The highest BCUT2D eigenvalue weighted by Crippen LogP contribution is 2.54. The molecule has 0 radical (unpaired) electrons. The summed E-state index contributed by atoms with van der Waals surface area (Å²) in [6.45, 7) is 0.0769. The third-order valence-corrected chi connectivity index (χ3v) is 9.12. The van der Waals surface area contributed by atoms with Crippen LogP contribution in [-0.4, -0.2) is 41.3 Å². The lowest BCUT2D eigenvalue weighted by molar-refractivity contribution is -0.0147. The molecule has 4 aromatic rings. The molecule has 1 aliphatic carbocycles. The summed E-state index contributed by atoms with van der Waals surface area (Å²) in [5.74, 6) is -12.0. The number of H-pyrrole nitrogens is 1. The van der Waals surface area contributed by atoms with E-state index in [0.29, 0.717) is 32.1 Å². The van der Waals surface area contributed by atoms with Crippen LogP contribution in [0.3, 0.4) is 0 Å². The maximum Gasteiger partial charge on any atom is 0.260 e. The lowest BCUT2D eigenvalue weighted by atomic mass is 9.65. The molecule has 1 spiro atoms. The fourth-order valence-corrected chi connectivity index (χ4v) is 6.99. The zero-order valence-corrected chi connectivity index (χ0v) is 22.1. The number of aromatic nitrogens is 1. The fourth-order valence-electron chi connectivity index (χ4n) is 6.99. The maximum atomic E-state index is 14.9. The van der Waals surface area contributed by atoms with Gasteiger partial charge in [0.15, 0.2) is 23.3 Å². The minimum Gasteiger partial charge on any atom is -0.356 e. The average molecular weight is 554 g/mol. The molecular formula is C31H28F5N3O. The highest BCUT2D eigenvalue weighted by atomic mass is 19.2. The van der Waals surface area contributed by atoms with Gasteiger partial charge in [-0.15, -0.1) is 0 Å². The number of hydrogen-bond donors (Lipinski definition) is 1. The lowest BCUT2D eigenvalue weighted by Gasteiger charge is -2.55. The van der Waals surface area contributed by atoms with Gasteiger partial charge in [0.25, 0.3) is 5.91 Å². The van der Waals surface area contributed by atoms with E-state index in [1.54, 1.807) is 0 Å². The second-order valence-electron chi connectivity index (χ2n) is 11.0. The standard InChI is InChI=1S/C31H28F5N3O/c1-38(2)30(18-8-4-3-5-9-18)13-15-31(16-14-30)28-20(19-10-6-7-11-21(19)37-28)12-17-39(31)29(40)22-23(32)25(34)27(36)26(35)24(22)33/h3-11,37H,12-17H2,1-2H3. The van der Waals surface area contributed by atoms with Gasteiger partial charge in [0.1, 0.15) is 5.56 Å². The highest BCUT2D eigenvalue weighted by Gasteiger charge is 2.53. The first-order chi connectivity index (χ1) is 19.1. The van der Waals surface area contributed by atoms with E-state index in [4.69, 9.17) is 0 Å². The number of para-hydroxylation sites is 1. The van der Waals surface area contributed by atoms with Gasteiger partial charge in [-0.3, -0.25) is 9.69 Å². The molecule has 1 fully saturated rings. The molecule has 2 aliphatic rings. The monoisotopic (exact) mass is 553 g/mol. The number of amides is 1. The van der Waals surface area contributed by atoms with Crippen molar-refractivity contribution in [1.82, 2.24) is 14.8 Å². The van der Waals surface area contributed by atoms with Gasteiger partial charge in [0.05, 0.1) is 5.54 Å². The van der Waals surface area contributed by atoms with E-state index in [0.717, 1.165) is 27.7 Å². The molecule has 4 nitrogen and oxygen atoms in total. The van der Waals surface area contributed by atoms with E-state index in [-0.39, 0.29) is 12.1 Å². The first-order valence-electron chi connectivity index (χ1n) is 13.3. The van der Waals surface area contributed by atoms with Gasteiger partial charge in [-0.1, -0.05) is 48.5 Å². The van der Waals surface area contributed by atoms with Gasteiger partial charge < -0.3 is 9.88 Å². The van der Waals surface area contributed by atoms with Crippen LogP contribution >= 0.6 is 0 Å². The molecule has 2 heterocycles. The summed E-state index contributed by atoms with van der Waals surface area (Å²) in [4.78, 5) is 20.8. The number of carbonyl (C=O) groups is 1. The SMILES string of the molecule is CN(C)C1(c2ccccc2)CCC2(CC1)c1[nH]c3ccccc3c1CCN2C(=O)c1c(F)c(F)c(F)c(F)c1F. The predicted molar refractivity (Wildman–Crippen MR) is 141 cm³/mol. The number of hydrogen-bond acceptors (Lipinski definition) is 2. The number of halogens is 5. The Morgan fingerprint density at radius 3 is 2.00 bits per heavy atom. The molecule has 1 N–H and O–H groups in total. The van der Waals surface area contributed by atoms with Crippen LogP contribution in [0.4, 0.5) is 22.0 Å². The summed E-state index contributed by atoms with van der Waals surface area (Å²) in [5, 5.41) is 0.993. The molecule has 9 heteroatoms. The van der Waals surface area contributed by atoms with Gasteiger partial charge >= 0.3 is 0 Å². The summed E-state index contributed by atoms with van der Waals surface area (Å²) in [6, 6.07) is 17.7. The second kappa shape index (κ2) is 9.44. The molecule has 0 bridgehead atoms. The van der Waals surface area contributed by atoms with Crippen molar-refractivity contribution in [3.8, 4) is 0 Å². The van der Waals surface area contributed by atoms with Crippen molar-refractivity contribution in [1.29, 1.82) is 0 Å². The zero-order valence-electron chi connectivity index (χ0n) is 22.1. The van der Waals surface area contributed by atoms with Crippen molar-refractivity contribution >= 4 is 16.8 Å². The average Bonchev–Trinajstić information content (AvgIpc) is 3.36. The Labute approximate surface area is 228 Å². The molecule has 1 aromatic heterocycles. The Kier molecular flexibility index (Phi) is 6.25. The number of aromatic amines is 1. The van der Waals surface area contributed by atoms with Crippen LogP contribution < -0.4 is 0 Å². The van der Waals surface area contributed by atoms with E-state index < -0.39 is 46.1 Å². The van der Waals surface area contributed by atoms with Gasteiger partial charge in [-0.05, 0) is 63.4 Å². The first kappa shape index (κ1) is 26.5. The smallest absolute Gasteiger partial charge is 0.260 e. The maximum absolute atomic E-state index is 14.9. The predicted octanol–water partition coefficient (Wildman–Crippen LogP) is 6.79. The number of benzene rings is 3. The van der Waals surface area contributed by atoms with Crippen LogP contribution in [0.25, 0.3) is 10.9 Å². The summed E-state index contributed by atoms with van der Waals surface area (Å²) in [6.07, 6.45) is 2.40. The molecular weight excluding hydrogens is 525 g/mol. The normalized spacial score (nSPS) is 22.8. The molecule has 6 rings (SSSR count). The second-order valence-corrected chi connectivity index (χ2v) is 11.0. The Morgan fingerprint density at radius 1 is 0.800 bits per heavy atom. The summed E-state index contributed by atoms with van der Waals surface area (Å²) < 4.78 is 72.0. The highest BCUT2D eigenvalue weighted by molar-refractivity contribution is 5.96. The van der Waals surface area contributed by atoms with Gasteiger partial charge in [0.2, 0.25) is 5.82 Å². The van der Waals surface area contributed by atoms with Crippen molar-refractivity contribution in [2.45, 2.75) is 43.2 Å². The Morgan fingerprint density at radius 2 is 1.38 bits per heavy atom. The number of nitrogens with one attached hydrogen (secondary N) is 1. The molecule has 40 heavy (non-hydrogen) atoms. The molecule has 1 aliphatic heterocycles. The minimum absolute atomic E-state index is 0.0769. The van der Waals surface area contributed by atoms with E-state index in [2.05, 4.69) is 22.0 Å². The lowest BCUT2D eigenvalue weighted by Crippen LogP contribution is -2.58. The van der Waals surface area contributed by atoms with Crippen LogP contribution in [-0.2, 0) is 17.5 Å². The quantitative estimate of drug-likeness (QED) is 0.172. The third kappa shape index (κ3) is 3.63. The topological polar surface area (TPSA) is 39.3 Å². The van der Waals surface area contributed by atoms with Gasteiger partial charge in [0, 0.05) is 28.7 Å². The largest absolute Gasteiger partial charge is 0.356 e. The molecule has 0 saturated heterocycles. The van der Waals surface area contributed by atoms with Crippen LogP contribution in [0.1, 0.15) is 52.9 Å². The Balaban J connectivity index is 1.51. The Bertz CT molecular complexity index is 1590. The van der Waals surface area contributed by atoms with E-state index in [1.165, 1.54) is 4.90 Å². The minimum atomic E-state index is -2.28. The zero-order chi connectivity index (χ0) is 28.4. The third-order valence-electron chi connectivity index (χ3n) is 9.12. The molecule has 3 aromatic carbocycles. The summed E-state index contributed by atoms with van der Waals surface area (Å²) in [5.41, 5.74) is 0.938. The van der Waals surface area contributed by atoms with Crippen molar-refractivity contribution in [3.63, 3.8) is 0 Å². The first-order valence-corrected chi connectivity index (χ1v) is 13.3. The van der Waals surface area contributed by atoms with Crippen LogP contribution in [0.15, 0.2) is 54.6 Å². The molecule has 0 atom stereocenters. The summed E-state index contributed by atoms with van der Waals surface area (Å²) >= 11 is 0. The van der Waals surface area contributed by atoms with Gasteiger partial charge in [-0.25, -0.2) is 22.0 Å². The van der Waals surface area contributed by atoms with Crippen LogP contribution in [0.5, 0.6) is 0 Å². The number of fused-ring (bicyclic) bond motifs is 4. The van der Waals surface area contributed by atoms with E-state index in [1.807, 2.05) is 56.6 Å².